The Balaban J connectivity index is 1.98. The van der Waals surface area contributed by atoms with E-state index in [9.17, 15) is 9.59 Å². The van der Waals surface area contributed by atoms with Crippen LogP contribution in [0.2, 0.25) is 10.0 Å². The summed E-state index contributed by atoms with van der Waals surface area (Å²) < 4.78 is 5.41. The van der Waals surface area contributed by atoms with Crippen molar-refractivity contribution in [3.05, 3.63) is 28.2 Å². The maximum Gasteiger partial charge on any atom is 0.308 e. The highest BCUT2D eigenvalue weighted by Crippen LogP contribution is 2.32. The third-order valence-electron chi connectivity index (χ3n) is 3.62. The smallest absolute Gasteiger partial charge is 0.308 e. The van der Waals surface area contributed by atoms with Gasteiger partial charge in [0.15, 0.2) is 12.4 Å². The van der Waals surface area contributed by atoms with Crippen LogP contribution in [0.25, 0.3) is 0 Å². The minimum Gasteiger partial charge on any atom is -0.481 e. The number of ether oxygens (including phenoxy) is 1. The minimum atomic E-state index is -0.876. The first-order chi connectivity index (χ1) is 10.4. The van der Waals surface area contributed by atoms with Gasteiger partial charge >= 0.3 is 5.97 Å². The van der Waals surface area contributed by atoms with Gasteiger partial charge in [0.25, 0.3) is 5.91 Å². The van der Waals surface area contributed by atoms with Gasteiger partial charge in [-0.15, -0.1) is 0 Å². The molecule has 22 heavy (non-hydrogen) atoms. The van der Waals surface area contributed by atoms with Gasteiger partial charge in [-0.3, -0.25) is 9.59 Å². The first kappa shape index (κ1) is 16.9. The Morgan fingerprint density at radius 1 is 1.32 bits per heavy atom. The van der Waals surface area contributed by atoms with Crippen LogP contribution >= 0.6 is 23.2 Å². The zero-order valence-corrected chi connectivity index (χ0v) is 13.6. The van der Waals surface area contributed by atoms with Crippen LogP contribution in [0.5, 0.6) is 5.75 Å². The van der Waals surface area contributed by atoms with E-state index in [1.807, 2.05) is 6.92 Å². The third kappa shape index (κ3) is 4.05. The summed E-state index contributed by atoms with van der Waals surface area (Å²) in [6, 6.07) is 4.93. The molecule has 0 aliphatic carbocycles. The second-order valence-corrected chi connectivity index (χ2v) is 6.33. The van der Waals surface area contributed by atoms with Crippen molar-refractivity contribution in [2.45, 2.75) is 13.3 Å². The summed E-state index contributed by atoms with van der Waals surface area (Å²) in [7, 11) is 0. The lowest BCUT2D eigenvalue weighted by atomic mass is 9.90. The van der Waals surface area contributed by atoms with Crippen LogP contribution in [0, 0.1) is 11.8 Å². The number of carboxylic acids is 1. The summed E-state index contributed by atoms with van der Waals surface area (Å²) in [4.78, 5) is 24.9. The molecule has 0 saturated carbocycles. The average molecular weight is 346 g/mol. The molecule has 1 aliphatic heterocycles. The Labute approximate surface area is 138 Å². The maximum absolute atomic E-state index is 12.2. The number of aliphatic carboxylic acids is 1. The van der Waals surface area contributed by atoms with Crippen molar-refractivity contribution in [3.8, 4) is 5.75 Å². The van der Waals surface area contributed by atoms with Crippen molar-refractivity contribution in [1.29, 1.82) is 0 Å². The van der Waals surface area contributed by atoms with Crippen molar-refractivity contribution >= 4 is 35.1 Å². The number of hydrogen-bond donors (Lipinski definition) is 1. The first-order valence-corrected chi connectivity index (χ1v) is 7.71. The van der Waals surface area contributed by atoms with Gasteiger partial charge < -0.3 is 14.7 Å². The number of para-hydroxylation sites is 1. The molecule has 0 bridgehead atoms. The topological polar surface area (TPSA) is 66.8 Å². The quantitative estimate of drug-likeness (QED) is 0.910. The fraction of sp³-hybridized carbons (Fsp3) is 0.467. The molecule has 1 heterocycles. The van der Waals surface area contributed by atoms with E-state index in [0.29, 0.717) is 23.0 Å². The van der Waals surface area contributed by atoms with Crippen LogP contribution in [-0.2, 0) is 9.59 Å². The predicted molar refractivity (Wildman–Crippen MR) is 83.4 cm³/mol. The Morgan fingerprint density at radius 2 is 1.95 bits per heavy atom. The van der Waals surface area contributed by atoms with E-state index < -0.39 is 11.9 Å². The molecule has 120 valence electrons. The van der Waals surface area contributed by atoms with Crippen LogP contribution in [0.4, 0.5) is 0 Å². The van der Waals surface area contributed by atoms with E-state index in [0.717, 1.165) is 0 Å². The lowest BCUT2D eigenvalue weighted by Crippen LogP contribution is -2.47. The number of carbonyl (C=O) groups is 2. The molecule has 7 heteroatoms. The molecule has 1 aliphatic rings. The van der Waals surface area contributed by atoms with Crippen molar-refractivity contribution in [3.63, 3.8) is 0 Å². The Bertz CT molecular complexity index is 558. The highest BCUT2D eigenvalue weighted by atomic mass is 35.5. The molecule has 2 rings (SSSR count). The minimum absolute atomic E-state index is 0.141. The molecule has 1 saturated heterocycles. The number of benzene rings is 1. The molecular weight excluding hydrogens is 329 g/mol. The molecule has 1 N–H and O–H groups in total. The zero-order valence-electron chi connectivity index (χ0n) is 12.1. The fourth-order valence-corrected chi connectivity index (χ4v) is 3.09. The van der Waals surface area contributed by atoms with E-state index in [2.05, 4.69) is 0 Å². The molecule has 1 amide bonds. The van der Waals surface area contributed by atoms with Crippen molar-refractivity contribution in [2.75, 3.05) is 19.7 Å². The van der Waals surface area contributed by atoms with E-state index in [1.165, 1.54) is 4.90 Å². The van der Waals surface area contributed by atoms with Gasteiger partial charge in [-0.25, -0.2) is 0 Å². The maximum atomic E-state index is 12.2. The van der Waals surface area contributed by atoms with E-state index in [4.69, 9.17) is 33.0 Å². The van der Waals surface area contributed by atoms with Crippen LogP contribution in [0.1, 0.15) is 13.3 Å². The number of carbonyl (C=O) groups excluding carboxylic acids is 1. The van der Waals surface area contributed by atoms with Gasteiger partial charge in [-0.05, 0) is 24.5 Å². The van der Waals surface area contributed by atoms with Gasteiger partial charge in [0.1, 0.15) is 0 Å². The predicted octanol–water partition coefficient (Wildman–Crippen LogP) is 2.94. The Kier molecular flexibility index (Phi) is 5.53. The van der Waals surface area contributed by atoms with Crippen LogP contribution in [0.15, 0.2) is 18.2 Å². The summed E-state index contributed by atoms with van der Waals surface area (Å²) in [5.41, 5.74) is 0. The Morgan fingerprint density at radius 3 is 2.55 bits per heavy atom. The standard InChI is InChI=1S/C15H17Cl2NO4/c1-9-5-10(15(20)21)7-18(6-9)13(19)8-22-14-11(16)3-2-4-12(14)17/h2-4,9-10H,5-8H2,1H3,(H,20,21). The third-order valence-corrected chi connectivity index (χ3v) is 4.22. The van der Waals surface area contributed by atoms with Crippen molar-refractivity contribution in [2.24, 2.45) is 11.8 Å². The van der Waals surface area contributed by atoms with Crippen LogP contribution in [-0.4, -0.2) is 41.6 Å². The number of hydrogen-bond acceptors (Lipinski definition) is 3. The fourth-order valence-electron chi connectivity index (χ4n) is 2.58. The number of halogens is 2. The van der Waals surface area contributed by atoms with E-state index in [1.54, 1.807) is 18.2 Å². The molecule has 2 unspecified atom stereocenters. The second-order valence-electron chi connectivity index (χ2n) is 5.51. The monoisotopic (exact) mass is 345 g/mol. The van der Waals surface area contributed by atoms with E-state index >= 15 is 0 Å². The van der Waals surface area contributed by atoms with Gasteiger partial charge in [0.05, 0.1) is 16.0 Å². The molecule has 2 atom stereocenters. The molecule has 1 aromatic carbocycles. The number of piperidine rings is 1. The zero-order chi connectivity index (χ0) is 16.3. The summed E-state index contributed by atoms with van der Waals surface area (Å²) >= 11 is 11.9. The SMILES string of the molecule is CC1CC(C(=O)O)CN(C(=O)COc2c(Cl)cccc2Cl)C1. The highest BCUT2D eigenvalue weighted by molar-refractivity contribution is 6.37. The van der Waals surface area contributed by atoms with Crippen molar-refractivity contribution < 1.29 is 19.4 Å². The van der Waals surface area contributed by atoms with Gasteiger partial charge in [0, 0.05) is 13.1 Å². The van der Waals surface area contributed by atoms with Gasteiger partial charge in [0.2, 0.25) is 0 Å². The molecule has 5 nitrogen and oxygen atoms in total. The van der Waals surface area contributed by atoms with Crippen LogP contribution in [0.3, 0.4) is 0 Å². The lowest BCUT2D eigenvalue weighted by Gasteiger charge is -2.34. The summed E-state index contributed by atoms with van der Waals surface area (Å²) in [5, 5.41) is 9.79. The van der Waals surface area contributed by atoms with E-state index in [-0.39, 0.29) is 30.7 Å². The number of carboxylic acid groups (broad SMARTS) is 1. The molecule has 1 fully saturated rings. The lowest BCUT2D eigenvalue weighted by molar-refractivity contribution is -0.147. The molecule has 0 aromatic heterocycles. The van der Waals surface area contributed by atoms with Crippen molar-refractivity contribution in [1.82, 2.24) is 4.90 Å². The first-order valence-electron chi connectivity index (χ1n) is 6.96. The Hall–Kier alpha value is -1.46. The number of nitrogens with zero attached hydrogens (tertiary/aromatic N) is 1. The molecule has 1 aromatic rings. The normalized spacial score (nSPS) is 21.5. The summed E-state index contributed by atoms with van der Waals surface area (Å²) in [5.74, 6) is -1.27. The van der Waals surface area contributed by atoms with Gasteiger partial charge in [-0.1, -0.05) is 36.2 Å². The van der Waals surface area contributed by atoms with Gasteiger partial charge in [-0.2, -0.15) is 0 Å². The number of rotatable bonds is 4. The molecule has 0 radical (unpaired) electrons. The second kappa shape index (κ2) is 7.20. The molecule has 0 spiro atoms. The summed E-state index contributed by atoms with van der Waals surface area (Å²) in [6.45, 7) is 2.45. The largest absolute Gasteiger partial charge is 0.481 e. The number of likely N-dealkylation sites (tertiary alicyclic amines) is 1. The summed E-state index contributed by atoms with van der Waals surface area (Å²) in [6.07, 6.45) is 0.580. The number of amides is 1. The molecular formula is C15H17Cl2NO4. The highest BCUT2D eigenvalue weighted by Gasteiger charge is 2.32. The van der Waals surface area contributed by atoms with Crippen LogP contribution < -0.4 is 4.74 Å². The average Bonchev–Trinajstić information content (AvgIpc) is 2.45.